The molecular weight excluding hydrogens is 268 g/mol. The van der Waals surface area contributed by atoms with Crippen molar-refractivity contribution in [3.05, 3.63) is 70.2 Å². The van der Waals surface area contributed by atoms with Crippen molar-refractivity contribution in [2.75, 3.05) is 0 Å². The molecule has 1 nitrogen and oxygen atoms in total. The Labute approximate surface area is 124 Å². The molecule has 1 fully saturated rings. The second-order valence-electron chi connectivity index (χ2n) is 5.41. The van der Waals surface area contributed by atoms with Gasteiger partial charge < -0.3 is 0 Å². The van der Waals surface area contributed by atoms with Gasteiger partial charge in [0.2, 0.25) is 0 Å². The third kappa shape index (κ3) is 2.64. The summed E-state index contributed by atoms with van der Waals surface area (Å²) in [5.74, 6) is 0.777. The molecule has 0 aromatic heterocycles. The largest absolute Gasteiger partial charge is 0.294 e. The van der Waals surface area contributed by atoms with E-state index in [0.717, 1.165) is 18.4 Å². The summed E-state index contributed by atoms with van der Waals surface area (Å²) in [7, 11) is 0. The zero-order valence-corrected chi connectivity index (χ0v) is 12.2. The number of carbonyl (C=O) groups is 1. The monoisotopic (exact) mass is 284 g/mol. The number of Topliss-reactive ketones (excluding diaryl/α,β-unsaturated/α-hetero) is 1. The van der Waals surface area contributed by atoms with E-state index in [4.69, 9.17) is 11.6 Å². The molecule has 0 radical (unpaired) electrons. The predicted octanol–water partition coefficient (Wildman–Crippen LogP) is 4.89. The standard InChI is InChI=1S/C18H17ClO/c1-2-12-3-5-13(6-4-12)16-11-17(16)18(20)14-7-9-15(19)10-8-14/h3-10,16-17H,2,11H2,1H3. The summed E-state index contributed by atoms with van der Waals surface area (Å²) in [6, 6.07) is 15.9. The van der Waals surface area contributed by atoms with E-state index >= 15 is 0 Å². The fourth-order valence-electron chi connectivity index (χ4n) is 2.68. The van der Waals surface area contributed by atoms with Gasteiger partial charge in [0, 0.05) is 16.5 Å². The van der Waals surface area contributed by atoms with Gasteiger partial charge in [0.1, 0.15) is 0 Å². The highest BCUT2D eigenvalue weighted by atomic mass is 35.5. The van der Waals surface area contributed by atoms with E-state index in [2.05, 4.69) is 31.2 Å². The Kier molecular flexibility index (Phi) is 3.62. The molecule has 3 rings (SSSR count). The maximum Gasteiger partial charge on any atom is 0.166 e. The maximum absolute atomic E-state index is 12.4. The molecule has 0 amide bonds. The van der Waals surface area contributed by atoms with Crippen molar-refractivity contribution in [3.63, 3.8) is 0 Å². The quantitative estimate of drug-likeness (QED) is 0.731. The summed E-state index contributed by atoms with van der Waals surface area (Å²) in [6.45, 7) is 2.15. The van der Waals surface area contributed by atoms with Gasteiger partial charge in [0.05, 0.1) is 0 Å². The third-order valence-electron chi connectivity index (χ3n) is 4.07. The maximum atomic E-state index is 12.4. The van der Waals surface area contributed by atoms with Crippen molar-refractivity contribution < 1.29 is 4.79 Å². The highest BCUT2D eigenvalue weighted by Gasteiger charge is 2.43. The highest BCUT2D eigenvalue weighted by Crippen LogP contribution is 2.49. The van der Waals surface area contributed by atoms with E-state index in [-0.39, 0.29) is 11.7 Å². The number of halogens is 1. The lowest BCUT2D eigenvalue weighted by molar-refractivity contribution is 0.0965. The average Bonchev–Trinajstić information content (AvgIpc) is 3.28. The number of aryl methyl sites for hydroxylation is 1. The van der Waals surface area contributed by atoms with Crippen molar-refractivity contribution in [2.45, 2.75) is 25.7 Å². The van der Waals surface area contributed by atoms with E-state index in [0.29, 0.717) is 10.9 Å². The van der Waals surface area contributed by atoms with Crippen molar-refractivity contribution in [1.29, 1.82) is 0 Å². The van der Waals surface area contributed by atoms with Crippen LogP contribution in [-0.4, -0.2) is 5.78 Å². The van der Waals surface area contributed by atoms with Crippen LogP contribution in [0.3, 0.4) is 0 Å². The van der Waals surface area contributed by atoms with E-state index in [1.165, 1.54) is 11.1 Å². The molecule has 0 bridgehead atoms. The Morgan fingerprint density at radius 3 is 2.35 bits per heavy atom. The van der Waals surface area contributed by atoms with E-state index in [9.17, 15) is 4.79 Å². The molecule has 0 saturated heterocycles. The van der Waals surface area contributed by atoms with Crippen LogP contribution >= 0.6 is 11.6 Å². The zero-order valence-electron chi connectivity index (χ0n) is 11.5. The lowest BCUT2D eigenvalue weighted by Gasteiger charge is -2.03. The lowest BCUT2D eigenvalue weighted by atomic mass is 10.0. The summed E-state index contributed by atoms with van der Waals surface area (Å²) in [6.07, 6.45) is 2.02. The molecule has 0 heterocycles. The predicted molar refractivity (Wildman–Crippen MR) is 82.5 cm³/mol. The van der Waals surface area contributed by atoms with Crippen molar-refractivity contribution in [3.8, 4) is 0 Å². The molecule has 2 heteroatoms. The minimum atomic E-state index is 0.142. The van der Waals surface area contributed by atoms with Crippen molar-refractivity contribution in [1.82, 2.24) is 0 Å². The van der Waals surface area contributed by atoms with Crippen LogP contribution in [0.5, 0.6) is 0 Å². The van der Waals surface area contributed by atoms with Crippen LogP contribution in [-0.2, 0) is 6.42 Å². The second-order valence-corrected chi connectivity index (χ2v) is 5.85. The Bertz CT molecular complexity index is 613. The first-order chi connectivity index (χ1) is 9.69. The first-order valence-corrected chi connectivity index (χ1v) is 7.45. The summed E-state index contributed by atoms with van der Waals surface area (Å²) < 4.78 is 0. The molecular formula is C18H17ClO. The molecule has 2 atom stereocenters. The smallest absolute Gasteiger partial charge is 0.166 e. The molecule has 102 valence electrons. The van der Waals surface area contributed by atoms with Gasteiger partial charge in [-0.15, -0.1) is 0 Å². The molecule has 20 heavy (non-hydrogen) atoms. The molecule has 1 aliphatic rings. The van der Waals surface area contributed by atoms with Crippen molar-refractivity contribution in [2.24, 2.45) is 5.92 Å². The minimum absolute atomic E-state index is 0.142. The summed E-state index contributed by atoms with van der Waals surface area (Å²) in [4.78, 5) is 12.4. The number of rotatable bonds is 4. The fourth-order valence-corrected chi connectivity index (χ4v) is 2.81. The van der Waals surface area contributed by atoms with Gasteiger partial charge in [-0.25, -0.2) is 0 Å². The summed E-state index contributed by atoms with van der Waals surface area (Å²) in [5, 5.41) is 0.670. The van der Waals surface area contributed by atoms with E-state index in [1.54, 1.807) is 12.1 Å². The Hall–Kier alpha value is -1.60. The van der Waals surface area contributed by atoms with Crippen LogP contribution in [0.15, 0.2) is 48.5 Å². The number of hydrogen-bond donors (Lipinski definition) is 0. The second kappa shape index (κ2) is 5.41. The highest BCUT2D eigenvalue weighted by molar-refractivity contribution is 6.30. The molecule has 0 N–H and O–H groups in total. The Morgan fingerprint density at radius 2 is 1.75 bits per heavy atom. The van der Waals surface area contributed by atoms with Crippen molar-refractivity contribution >= 4 is 17.4 Å². The van der Waals surface area contributed by atoms with Crippen LogP contribution in [0.4, 0.5) is 0 Å². The molecule has 1 saturated carbocycles. The third-order valence-corrected chi connectivity index (χ3v) is 4.32. The average molecular weight is 285 g/mol. The molecule has 2 unspecified atom stereocenters. The molecule has 0 spiro atoms. The zero-order chi connectivity index (χ0) is 14.1. The lowest BCUT2D eigenvalue weighted by Crippen LogP contribution is -2.02. The minimum Gasteiger partial charge on any atom is -0.294 e. The number of ketones is 1. The van der Waals surface area contributed by atoms with Crippen LogP contribution < -0.4 is 0 Å². The van der Waals surface area contributed by atoms with E-state index in [1.807, 2.05) is 12.1 Å². The number of hydrogen-bond acceptors (Lipinski definition) is 1. The van der Waals surface area contributed by atoms with Gasteiger partial charge in [-0.05, 0) is 54.2 Å². The first-order valence-electron chi connectivity index (χ1n) is 7.07. The number of carbonyl (C=O) groups excluding carboxylic acids is 1. The summed E-state index contributed by atoms with van der Waals surface area (Å²) >= 11 is 5.85. The summed E-state index contributed by atoms with van der Waals surface area (Å²) in [5.41, 5.74) is 3.40. The van der Waals surface area contributed by atoms with Gasteiger partial charge >= 0.3 is 0 Å². The topological polar surface area (TPSA) is 17.1 Å². The SMILES string of the molecule is CCc1ccc(C2CC2C(=O)c2ccc(Cl)cc2)cc1. The van der Waals surface area contributed by atoms with Gasteiger partial charge in [0.15, 0.2) is 5.78 Å². The molecule has 2 aromatic carbocycles. The molecule has 0 aliphatic heterocycles. The first kappa shape index (κ1) is 13.4. The van der Waals surface area contributed by atoms with Gasteiger partial charge in [-0.1, -0.05) is 42.8 Å². The van der Waals surface area contributed by atoms with Gasteiger partial charge in [0.25, 0.3) is 0 Å². The van der Waals surface area contributed by atoms with Crippen LogP contribution in [0, 0.1) is 5.92 Å². The Morgan fingerprint density at radius 1 is 1.10 bits per heavy atom. The number of benzene rings is 2. The van der Waals surface area contributed by atoms with Gasteiger partial charge in [-0.2, -0.15) is 0 Å². The molecule has 1 aliphatic carbocycles. The fraction of sp³-hybridized carbons (Fsp3) is 0.278. The van der Waals surface area contributed by atoms with Crippen LogP contribution in [0.25, 0.3) is 0 Å². The molecule has 2 aromatic rings. The Balaban J connectivity index is 1.71. The van der Waals surface area contributed by atoms with Crippen LogP contribution in [0.2, 0.25) is 5.02 Å². The van der Waals surface area contributed by atoms with Crippen LogP contribution in [0.1, 0.15) is 40.7 Å². The van der Waals surface area contributed by atoms with Gasteiger partial charge in [-0.3, -0.25) is 4.79 Å². The van der Waals surface area contributed by atoms with E-state index < -0.39 is 0 Å². The normalized spacial score (nSPS) is 20.7.